The van der Waals surface area contributed by atoms with Crippen molar-refractivity contribution < 1.29 is 9.18 Å². The van der Waals surface area contributed by atoms with Crippen molar-refractivity contribution in [2.45, 2.75) is 51.6 Å². The lowest BCUT2D eigenvalue weighted by atomic mass is 9.90. The highest BCUT2D eigenvalue weighted by Crippen LogP contribution is 2.47. The highest BCUT2D eigenvalue weighted by molar-refractivity contribution is 6.01. The number of nitrogens with zero attached hydrogens (tertiary/aromatic N) is 8. The quantitative estimate of drug-likeness (QED) is 0.525. The van der Waals surface area contributed by atoms with Gasteiger partial charge in [0.15, 0.2) is 5.41 Å². The summed E-state index contributed by atoms with van der Waals surface area (Å²) in [5, 5.41) is 24.4. The van der Waals surface area contributed by atoms with Gasteiger partial charge in [0.25, 0.3) is 0 Å². The normalized spacial score (nSPS) is 21.4. The Morgan fingerprint density at radius 2 is 1.95 bits per heavy atom. The van der Waals surface area contributed by atoms with E-state index < -0.39 is 18.0 Å². The maximum atomic E-state index is 13.6. The molecule has 2 aliphatic rings. The number of aryl methyl sites for hydroxylation is 1. The van der Waals surface area contributed by atoms with Gasteiger partial charge in [-0.2, -0.15) is 15.6 Å². The van der Waals surface area contributed by atoms with E-state index in [-0.39, 0.29) is 12.1 Å². The number of nitriles is 2. The molecule has 1 aromatic carbocycles. The molecule has 0 radical (unpaired) electrons. The average Bonchev–Trinajstić information content (AvgIpc) is 3.69. The zero-order chi connectivity index (χ0) is 26.5. The Balaban J connectivity index is 1.58. The fourth-order valence-electron chi connectivity index (χ4n) is 5.20. The molecule has 0 spiro atoms. The van der Waals surface area contributed by atoms with E-state index >= 15 is 0 Å². The largest absolute Gasteiger partial charge is 0.349 e. The molecule has 2 fully saturated rings. The van der Waals surface area contributed by atoms with Crippen LogP contribution in [0.25, 0.3) is 22.2 Å². The van der Waals surface area contributed by atoms with E-state index in [0.29, 0.717) is 30.4 Å². The molecular weight excluding hydrogens is 471 g/mol. The molecular formula is C27H29FN8O. The molecule has 0 bridgehead atoms. The molecule has 1 aliphatic carbocycles. The number of carbonyl (C=O) groups excluding carboxylic acids is 1. The summed E-state index contributed by atoms with van der Waals surface area (Å²) in [5.41, 5.74) is 2.27. The van der Waals surface area contributed by atoms with Gasteiger partial charge in [-0.1, -0.05) is 12.1 Å². The molecule has 37 heavy (non-hydrogen) atoms. The Hall–Kier alpha value is -4.05. The number of halogens is 1. The first kappa shape index (κ1) is 24.6. The summed E-state index contributed by atoms with van der Waals surface area (Å²) in [5.74, 6) is 0.759. The number of alkyl halides is 1. The third kappa shape index (κ3) is 4.07. The number of rotatable bonds is 5. The van der Waals surface area contributed by atoms with E-state index in [1.54, 1.807) is 29.0 Å². The number of hydrogen-bond donors (Lipinski definition) is 0. The lowest BCUT2D eigenvalue weighted by Gasteiger charge is -2.46. The molecule has 3 atom stereocenters. The molecule has 2 aromatic heterocycles. The van der Waals surface area contributed by atoms with Crippen LogP contribution >= 0.6 is 0 Å². The summed E-state index contributed by atoms with van der Waals surface area (Å²) in [7, 11) is 1.74. The van der Waals surface area contributed by atoms with Gasteiger partial charge in [-0.15, -0.1) is 0 Å². The summed E-state index contributed by atoms with van der Waals surface area (Å²) in [6.07, 6.45) is 3.76. The van der Waals surface area contributed by atoms with Crippen LogP contribution in [0.1, 0.15) is 50.8 Å². The molecule has 1 saturated heterocycles. The number of anilines is 1. The number of piperazine rings is 1. The van der Waals surface area contributed by atoms with E-state index in [1.807, 2.05) is 26.0 Å². The van der Waals surface area contributed by atoms with Crippen molar-refractivity contribution in [3.05, 3.63) is 35.8 Å². The lowest BCUT2D eigenvalue weighted by molar-refractivity contribution is -0.142. The first-order valence-corrected chi connectivity index (χ1v) is 12.5. The van der Waals surface area contributed by atoms with Crippen LogP contribution in [0.2, 0.25) is 0 Å². The summed E-state index contributed by atoms with van der Waals surface area (Å²) in [6, 6.07) is 9.58. The Labute approximate surface area is 215 Å². The average molecular weight is 501 g/mol. The lowest BCUT2D eigenvalue weighted by Crippen LogP contribution is -2.61. The van der Waals surface area contributed by atoms with E-state index in [9.17, 15) is 19.7 Å². The summed E-state index contributed by atoms with van der Waals surface area (Å²) >= 11 is 0. The van der Waals surface area contributed by atoms with Crippen LogP contribution in [0.4, 0.5) is 10.2 Å². The predicted octanol–water partition coefficient (Wildman–Crippen LogP) is 3.70. The van der Waals surface area contributed by atoms with Gasteiger partial charge >= 0.3 is 0 Å². The van der Waals surface area contributed by atoms with Crippen LogP contribution in [-0.4, -0.2) is 62.4 Å². The van der Waals surface area contributed by atoms with Gasteiger partial charge in [-0.05, 0) is 45.1 Å². The summed E-state index contributed by atoms with van der Waals surface area (Å²) in [6.45, 7) is 5.11. The fourth-order valence-corrected chi connectivity index (χ4v) is 5.20. The van der Waals surface area contributed by atoms with Gasteiger partial charge in [0, 0.05) is 49.2 Å². The van der Waals surface area contributed by atoms with Crippen molar-refractivity contribution in [3.8, 4) is 23.4 Å². The van der Waals surface area contributed by atoms with E-state index in [0.717, 1.165) is 35.1 Å². The van der Waals surface area contributed by atoms with Gasteiger partial charge in [0.2, 0.25) is 5.91 Å². The van der Waals surface area contributed by atoms with Crippen molar-refractivity contribution in [1.29, 1.82) is 10.5 Å². The Morgan fingerprint density at radius 3 is 2.57 bits per heavy atom. The molecule has 1 saturated carbocycles. The molecule has 10 heteroatoms. The fraction of sp³-hybridized carbons (Fsp3) is 0.481. The molecule has 1 aliphatic heterocycles. The molecule has 190 valence electrons. The number of amides is 1. The molecule has 0 unspecified atom stereocenters. The molecule has 3 heterocycles. The minimum absolute atomic E-state index is 0.114. The van der Waals surface area contributed by atoms with Gasteiger partial charge in [0.05, 0.1) is 17.3 Å². The first-order valence-electron chi connectivity index (χ1n) is 12.5. The van der Waals surface area contributed by atoms with Gasteiger partial charge in [-0.3, -0.25) is 9.48 Å². The monoisotopic (exact) mass is 500 g/mol. The van der Waals surface area contributed by atoms with E-state index in [1.165, 1.54) is 12.5 Å². The van der Waals surface area contributed by atoms with Gasteiger partial charge in [-0.25, -0.2) is 14.4 Å². The van der Waals surface area contributed by atoms with E-state index in [4.69, 9.17) is 4.98 Å². The number of benzene rings is 1. The summed E-state index contributed by atoms with van der Waals surface area (Å²) in [4.78, 5) is 26.3. The van der Waals surface area contributed by atoms with Crippen LogP contribution in [0.3, 0.4) is 0 Å². The second-order valence-corrected chi connectivity index (χ2v) is 10.4. The SMILES string of the molecule is C[C@@H]1CN(c2ncnc3c(-c4cc(C#N)n(C)n4)ccc(C4CC4)c23)[C@@H](C)CN1C(=O)[C@](C)(C#N)CF. The highest BCUT2D eigenvalue weighted by atomic mass is 19.1. The number of hydrogen-bond acceptors (Lipinski definition) is 7. The van der Waals surface area contributed by atoms with Crippen molar-refractivity contribution >= 4 is 22.6 Å². The topological polar surface area (TPSA) is 115 Å². The maximum absolute atomic E-state index is 13.6. The Kier molecular flexibility index (Phi) is 6.07. The maximum Gasteiger partial charge on any atom is 0.245 e. The van der Waals surface area contributed by atoms with Crippen molar-refractivity contribution in [2.24, 2.45) is 12.5 Å². The third-order valence-electron chi connectivity index (χ3n) is 7.59. The standard InChI is InChI=1S/C27H29FN8O/c1-16-12-36(26(37)27(3,13-28)14-30)17(2)11-35(16)25-23-20(18-5-6-18)7-8-21(24(23)31-15-32-25)22-9-19(10-29)34(4)33-22/h7-9,15-18H,5-6,11-13H2,1-4H3/t16-,17+,27-/m0/s1. The van der Waals surface area contributed by atoms with Gasteiger partial charge < -0.3 is 9.80 Å². The smallest absolute Gasteiger partial charge is 0.245 e. The van der Waals surface area contributed by atoms with Gasteiger partial charge in [0.1, 0.15) is 30.6 Å². The second kappa shape index (κ2) is 9.11. The summed E-state index contributed by atoms with van der Waals surface area (Å²) < 4.78 is 15.2. The molecule has 5 rings (SSSR count). The van der Waals surface area contributed by atoms with Crippen LogP contribution in [0.5, 0.6) is 0 Å². The molecule has 1 amide bonds. The Morgan fingerprint density at radius 1 is 1.19 bits per heavy atom. The molecule has 0 N–H and O–H groups in total. The van der Waals surface area contributed by atoms with Crippen molar-refractivity contribution in [2.75, 3.05) is 24.7 Å². The van der Waals surface area contributed by atoms with E-state index in [2.05, 4.69) is 27.1 Å². The minimum Gasteiger partial charge on any atom is -0.349 e. The van der Waals surface area contributed by atoms with Crippen molar-refractivity contribution in [1.82, 2.24) is 24.6 Å². The number of aromatic nitrogens is 4. The predicted molar refractivity (Wildman–Crippen MR) is 136 cm³/mol. The van der Waals surface area contributed by atoms with Crippen LogP contribution < -0.4 is 4.90 Å². The van der Waals surface area contributed by atoms with Crippen LogP contribution in [0.15, 0.2) is 24.5 Å². The molecule has 3 aromatic rings. The highest BCUT2D eigenvalue weighted by Gasteiger charge is 2.43. The zero-order valence-corrected chi connectivity index (χ0v) is 21.4. The first-order chi connectivity index (χ1) is 17.7. The van der Waals surface area contributed by atoms with Crippen molar-refractivity contribution in [3.63, 3.8) is 0 Å². The third-order valence-corrected chi connectivity index (χ3v) is 7.59. The number of carbonyl (C=O) groups is 1. The zero-order valence-electron chi connectivity index (χ0n) is 21.4. The molecule has 9 nitrogen and oxygen atoms in total. The second-order valence-electron chi connectivity index (χ2n) is 10.4. The van der Waals surface area contributed by atoms with Crippen LogP contribution in [0, 0.1) is 28.1 Å². The Bertz CT molecular complexity index is 1470. The van der Waals surface area contributed by atoms with Crippen LogP contribution in [-0.2, 0) is 11.8 Å². The minimum atomic E-state index is -1.68. The number of fused-ring (bicyclic) bond motifs is 1.